The highest BCUT2D eigenvalue weighted by Gasteiger charge is 2.23. The second kappa shape index (κ2) is 9.99. The molecule has 0 aliphatic carbocycles. The zero-order valence-corrected chi connectivity index (χ0v) is 20.1. The largest absolute Gasteiger partial charge is 0.497 e. The van der Waals surface area contributed by atoms with Crippen LogP contribution >= 0.6 is 39.1 Å². The number of hydrogen-bond donors (Lipinski definition) is 0. The lowest BCUT2D eigenvalue weighted by molar-refractivity contribution is 0.345. The number of rotatable bonds is 7. The summed E-state index contributed by atoms with van der Waals surface area (Å²) < 4.78 is 17.1. The van der Waals surface area contributed by atoms with Gasteiger partial charge in [0.1, 0.15) is 23.9 Å². The molecule has 0 radical (unpaired) electrons. The number of alkyl halides is 1. The Morgan fingerprint density at radius 1 is 0.935 bits per heavy atom. The summed E-state index contributed by atoms with van der Waals surface area (Å²) in [6.07, 6.45) is 0.732. The fraction of sp³-hybridized carbons (Fsp3) is 0.200. The highest BCUT2D eigenvalue weighted by atomic mass is 79.9. The first-order valence-corrected chi connectivity index (χ1v) is 11.7. The molecule has 0 N–H and O–H groups in total. The monoisotopic (exact) mass is 518 g/mol. The van der Waals surface area contributed by atoms with Crippen LogP contribution in [-0.4, -0.2) is 25.7 Å². The third-order valence-electron chi connectivity index (χ3n) is 5.16. The van der Waals surface area contributed by atoms with E-state index in [1.54, 1.807) is 13.2 Å². The van der Waals surface area contributed by atoms with Crippen LogP contribution in [0.3, 0.4) is 0 Å². The molecule has 3 nitrogen and oxygen atoms in total. The minimum absolute atomic E-state index is 0.420. The van der Waals surface area contributed by atoms with Crippen molar-refractivity contribution in [3.63, 3.8) is 0 Å². The average Bonchev–Trinajstić information content (AvgIpc) is 2.79. The summed E-state index contributed by atoms with van der Waals surface area (Å²) in [5.41, 5.74) is 5.36. The summed E-state index contributed by atoms with van der Waals surface area (Å²) in [5, 5.41) is 2.02. The quantitative estimate of drug-likeness (QED) is 0.306. The highest BCUT2D eigenvalue weighted by Crippen LogP contribution is 2.42. The first-order chi connectivity index (χ1) is 15.1. The second-order valence-corrected chi connectivity index (χ2v) is 8.73. The van der Waals surface area contributed by atoms with E-state index in [2.05, 4.69) is 28.1 Å². The van der Waals surface area contributed by atoms with Gasteiger partial charge >= 0.3 is 0 Å². The molecule has 0 fully saturated rings. The first-order valence-electron chi connectivity index (χ1n) is 9.85. The van der Waals surface area contributed by atoms with Gasteiger partial charge in [-0.15, -0.1) is 0 Å². The van der Waals surface area contributed by atoms with Crippen molar-refractivity contribution in [2.75, 3.05) is 25.7 Å². The van der Waals surface area contributed by atoms with Gasteiger partial charge in [0.25, 0.3) is 0 Å². The molecule has 0 atom stereocenters. The van der Waals surface area contributed by atoms with Crippen molar-refractivity contribution in [2.24, 2.45) is 0 Å². The van der Waals surface area contributed by atoms with Gasteiger partial charge in [-0.3, -0.25) is 0 Å². The summed E-state index contributed by atoms with van der Waals surface area (Å²) in [7, 11) is 1.65. The Morgan fingerprint density at radius 2 is 1.68 bits per heavy atom. The minimum Gasteiger partial charge on any atom is -0.497 e. The standard InChI is InChI=1S/C25H21BrCl2O3/c1-29-19-7-9-21-22(12-16-2-5-18(6-3-16)30-11-10-26)23(15-31-25(21)14-19)20-8-4-17(27)13-24(20)28/h2-9,13-14H,10-12,15H2,1H3. The first kappa shape index (κ1) is 22.1. The zero-order valence-electron chi connectivity index (χ0n) is 17.0. The Morgan fingerprint density at radius 3 is 2.39 bits per heavy atom. The lowest BCUT2D eigenvalue weighted by atomic mass is 9.88. The number of methoxy groups -OCH3 is 1. The summed E-state index contributed by atoms with van der Waals surface area (Å²) >= 11 is 16.1. The summed E-state index contributed by atoms with van der Waals surface area (Å²) in [4.78, 5) is 0. The van der Waals surface area contributed by atoms with Gasteiger partial charge in [-0.1, -0.05) is 57.3 Å². The molecule has 31 heavy (non-hydrogen) atoms. The molecule has 0 saturated carbocycles. The number of benzene rings is 3. The molecule has 0 amide bonds. The van der Waals surface area contributed by atoms with Crippen LogP contribution in [0.5, 0.6) is 17.2 Å². The van der Waals surface area contributed by atoms with Gasteiger partial charge in [-0.25, -0.2) is 0 Å². The fourth-order valence-corrected chi connectivity index (χ4v) is 4.32. The van der Waals surface area contributed by atoms with E-state index in [0.717, 1.165) is 45.7 Å². The van der Waals surface area contributed by atoms with Crippen LogP contribution in [0, 0.1) is 0 Å². The smallest absolute Gasteiger partial charge is 0.131 e. The van der Waals surface area contributed by atoms with Crippen LogP contribution in [0.15, 0.2) is 60.7 Å². The molecule has 0 aromatic heterocycles. The van der Waals surface area contributed by atoms with Crippen LogP contribution < -0.4 is 14.2 Å². The van der Waals surface area contributed by atoms with Crippen molar-refractivity contribution in [1.29, 1.82) is 0 Å². The van der Waals surface area contributed by atoms with E-state index >= 15 is 0 Å². The fourth-order valence-electron chi connectivity index (χ4n) is 3.64. The van der Waals surface area contributed by atoms with E-state index in [0.29, 0.717) is 23.3 Å². The van der Waals surface area contributed by atoms with Crippen LogP contribution in [0.1, 0.15) is 16.7 Å². The Bertz CT molecular complexity index is 1110. The molecule has 0 saturated heterocycles. The molecule has 1 heterocycles. The molecule has 3 aromatic carbocycles. The van der Waals surface area contributed by atoms with Crippen molar-refractivity contribution in [2.45, 2.75) is 6.42 Å². The molecule has 1 aliphatic rings. The Balaban J connectivity index is 1.77. The normalized spacial score (nSPS) is 12.9. The van der Waals surface area contributed by atoms with Gasteiger partial charge in [0.15, 0.2) is 0 Å². The summed E-state index contributed by atoms with van der Waals surface area (Å²) in [6.45, 7) is 1.06. The van der Waals surface area contributed by atoms with Crippen molar-refractivity contribution >= 4 is 50.3 Å². The molecular formula is C25H21BrCl2O3. The lowest BCUT2D eigenvalue weighted by Gasteiger charge is -2.26. The van der Waals surface area contributed by atoms with E-state index < -0.39 is 0 Å². The van der Waals surface area contributed by atoms with Crippen LogP contribution in [-0.2, 0) is 6.42 Å². The molecule has 4 rings (SSSR count). The van der Waals surface area contributed by atoms with E-state index in [1.807, 2.05) is 42.5 Å². The van der Waals surface area contributed by atoms with E-state index in [1.165, 1.54) is 11.1 Å². The number of halogens is 3. The van der Waals surface area contributed by atoms with Gasteiger partial charge in [-0.2, -0.15) is 0 Å². The predicted octanol–water partition coefficient (Wildman–Crippen LogP) is 7.32. The molecule has 6 heteroatoms. The van der Waals surface area contributed by atoms with Gasteiger partial charge < -0.3 is 14.2 Å². The van der Waals surface area contributed by atoms with Crippen LogP contribution in [0.4, 0.5) is 0 Å². The molecule has 0 unspecified atom stereocenters. The van der Waals surface area contributed by atoms with Crippen molar-refractivity contribution < 1.29 is 14.2 Å². The molecule has 0 spiro atoms. The van der Waals surface area contributed by atoms with Crippen LogP contribution in [0.25, 0.3) is 11.1 Å². The Hall–Kier alpha value is -2.14. The molecule has 0 bridgehead atoms. The SMILES string of the molecule is COc1ccc2c(c1)OCC(c1ccc(Cl)cc1Cl)=C2Cc1ccc(OCCBr)cc1. The molecular weight excluding hydrogens is 499 g/mol. The highest BCUT2D eigenvalue weighted by molar-refractivity contribution is 9.09. The third kappa shape index (κ3) is 5.03. The van der Waals surface area contributed by atoms with Crippen molar-refractivity contribution in [3.8, 4) is 17.2 Å². The number of hydrogen-bond acceptors (Lipinski definition) is 3. The van der Waals surface area contributed by atoms with Gasteiger partial charge in [-0.05, 0) is 54.0 Å². The van der Waals surface area contributed by atoms with E-state index in [9.17, 15) is 0 Å². The van der Waals surface area contributed by atoms with E-state index in [4.69, 9.17) is 37.4 Å². The van der Waals surface area contributed by atoms with Gasteiger partial charge in [0.05, 0.1) is 13.7 Å². The van der Waals surface area contributed by atoms with Gasteiger partial charge in [0, 0.05) is 38.1 Å². The van der Waals surface area contributed by atoms with Crippen LogP contribution in [0.2, 0.25) is 10.0 Å². The second-order valence-electron chi connectivity index (χ2n) is 7.09. The number of allylic oxidation sites excluding steroid dienone is 1. The lowest BCUT2D eigenvalue weighted by Crippen LogP contribution is -2.12. The van der Waals surface area contributed by atoms with Gasteiger partial charge in [0.2, 0.25) is 0 Å². The average molecular weight is 520 g/mol. The maximum Gasteiger partial charge on any atom is 0.131 e. The number of ether oxygens (including phenoxy) is 3. The Kier molecular flexibility index (Phi) is 7.11. The minimum atomic E-state index is 0.420. The Labute approximate surface area is 200 Å². The molecule has 1 aliphatic heterocycles. The number of fused-ring (bicyclic) bond motifs is 1. The topological polar surface area (TPSA) is 27.7 Å². The van der Waals surface area contributed by atoms with Crippen molar-refractivity contribution in [1.82, 2.24) is 0 Å². The van der Waals surface area contributed by atoms with Crippen molar-refractivity contribution in [3.05, 3.63) is 87.4 Å². The maximum absolute atomic E-state index is 6.56. The third-order valence-corrected chi connectivity index (χ3v) is 6.03. The van der Waals surface area contributed by atoms with E-state index in [-0.39, 0.29) is 0 Å². The molecule has 160 valence electrons. The maximum atomic E-state index is 6.56. The summed E-state index contributed by atoms with van der Waals surface area (Å²) in [6, 6.07) is 19.7. The summed E-state index contributed by atoms with van der Waals surface area (Å²) in [5.74, 6) is 2.43. The predicted molar refractivity (Wildman–Crippen MR) is 131 cm³/mol. The zero-order chi connectivity index (χ0) is 21.8. The molecule has 3 aromatic rings.